The Kier molecular flexibility index (Phi) is 12.6. The van der Waals surface area contributed by atoms with Crippen LogP contribution in [-0.4, -0.2) is 46.2 Å². The van der Waals surface area contributed by atoms with Gasteiger partial charge in [0.15, 0.2) is 0 Å². The van der Waals surface area contributed by atoms with Crippen LogP contribution in [0.5, 0.6) is 0 Å². The Hall–Kier alpha value is -3.00. The lowest BCUT2D eigenvalue weighted by Gasteiger charge is -2.38. The second-order valence-corrected chi connectivity index (χ2v) is 12.3. The Balaban J connectivity index is 2.53. The molecule has 0 radical (unpaired) electrons. The van der Waals surface area contributed by atoms with Gasteiger partial charge in [0.1, 0.15) is 17.7 Å². The average molecular weight is 570 g/mol. The van der Waals surface area contributed by atoms with Gasteiger partial charge < -0.3 is 20.3 Å². The number of alkyl carbamates (subject to hydrolysis) is 1. The summed E-state index contributed by atoms with van der Waals surface area (Å²) in [4.78, 5) is 42.5. The highest BCUT2D eigenvalue weighted by Crippen LogP contribution is 2.29. The fourth-order valence-corrected chi connectivity index (χ4v) is 4.63. The molecule has 2 N–H and O–H groups in total. The van der Waals surface area contributed by atoms with E-state index in [1.165, 1.54) is 0 Å². The zero-order chi connectivity index (χ0) is 30.0. The van der Waals surface area contributed by atoms with Gasteiger partial charge in [0.25, 0.3) is 0 Å². The fraction of sp³-hybridized carbons (Fsp3) is 0.531. The van der Waals surface area contributed by atoms with Gasteiger partial charge in [-0.25, -0.2) is 4.79 Å². The minimum absolute atomic E-state index is 0.0523. The summed E-state index contributed by atoms with van der Waals surface area (Å²) in [5.41, 5.74) is 3.07. The van der Waals surface area contributed by atoms with Crippen LogP contribution in [0.3, 0.4) is 0 Å². The molecule has 2 aromatic carbocycles. The predicted molar refractivity (Wildman–Crippen MR) is 164 cm³/mol. The molecule has 2 rings (SSSR count). The maximum absolute atomic E-state index is 14.2. The monoisotopic (exact) mass is 569 g/mol. The molecule has 0 heterocycles. The zero-order valence-corrected chi connectivity index (χ0v) is 26.2. The summed E-state index contributed by atoms with van der Waals surface area (Å²) in [6, 6.07) is 13.3. The summed E-state index contributed by atoms with van der Waals surface area (Å²) in [6.07, 6.45) is 0.870. The van der Waals surface area contributed by atoms with Gasteiger partial charge in [0.2, 0.25) is 11.8 Å². The summed E-state index contributed by atoms with van der Waals surface area (Å²) in [5.74, 6) is -0.189. The standard InChI is InChI=1S/C32H47N3O4S/c1-21(2)14-16-24(5)35(30(37)27(20-40)34-31(38)39-32(6,7)8)28(26-17-15-22(3)23(4)18-26)29(36)33-19-25-12-10-9-11-13-25/h9-13,15,17-18,21,24,27-28,40H,14,16,19-20H2,1-8H3,(H,33,36)(H,34,38). The highest BCUT2D eigenvalue weighted by molar-refractivity contribution is 7.80. The molecule has 0 aliphatic rings. The average Bonchev–Trinajstić information content (AvgIpc) is 2.88. The Morgan fingerprint density at radius 3 is 2.15 bits per heavy atom. The predicted octanol–water partition coefficient (Wildman–Crippen LogP) is 6.14. The van der Waals surface area contributed by atoms with Gasteiger partial charge in [-0.15, -0.1) is 0 Å². The molecule has 0 aromatic heterocycles. The second-order valence-electron chi connectivity index (χ2n) is 11.9. The smallest absolute Gasteiger partial charge is 0.408 e. The third-order valence-corrected chi connectivity index (χ3v) is 7.11. The van der Waals surface area contributed by atoms with E-state index in [-0.39, 0.29) is 23.6 Å². The number of thiol groups is 1. The Morgan fingerprint density at radius 2 is 1.60 bits per heavy atom. The summed E-state index contributed by atoms with van der Waals surface area (Å²) in [7, 11) is 0. The molecular weight excluding hydrogens is 522 g/mol. The van der Waals surface area contributed by atoms with Crippen molar-refractivity contribution < 1.29 is 19.1 Å². The van der Waals surface area contributed by atoms with Gasteiger partial charge in [-0.3, -0.25) is 9.59 Å². The van der Waals surface area contributed by atoms with Gasteiger partial charge in [-0.1, -0.05) is 62.4 Å². The van der Waals surface area contributed by atoms with E-state index in [9.17, 15) is 14.4 Å². The van der Waals surface area contributed by atoms with E-state index in [1.807, 2.05) is 69.3 Å². The van der Waals surface area contributed by atoms with Gasteiger partial charge in [0, 0.05) is 18.3 Å². The lowest BCUT2D eigenvalue weighted by molar-refractivity contribution is -0.144. The fourth-order valence-electron chi connectivity index (χ4n) is 4.38. The molecule has 0 aliphatic carbocycles. The normalized spacial score (nSPS) is 13.8. The van der Waals surface area contributed by atoms with E-state index in [0.717, 1.165) is 23.1 Å². The van der Waals surface area contributed by atoms with Crippen molar-refractivity contribution in [3.05, 3.63) is 70.8 Å². The molecule has 40 heavy (non-hydrogen) atoms. The van der Waals surface area contributed by atoms with E-state index < -0.39 is 23.8 Å². The number of nitrogens with zero attached hydrogens (tertiary/aromatic N) is 1. The van der Waals surface area contributed by atoms with Gasteiger partial charge >= 0.3 is 6.09 Å². The highest BCUT2D eigenvalue weighted by Gasteiger charge is 2.38. The number of aryl methyl sites for hydroxylation is 2. The molecule has 0 saturated carbocycles. The first-order valence-electron chi connectivity index (χ1n) is 14.0. The van der Waals surface area contributed by atoms with Crippen molar-refractivity contribution in [2.75, 3.05) is 5.75 Å². The highest BCUT2D eigenvalue weighted by atomic mass is 32.1. The van der Waals surface area contributed by atoms with E-state index in [0.29, 0.717) is 24.4 Å². The number of nitrogens with one attached hydrogen (secondary N) is 2. The van der Waals surface area contributed by atoms with Gasteiger partial charge in [-0.2, -0.15) is 12.6 Å². The molecule has 8 heteroatoms. The Labute approximate surface area is 245 Å². The van der Waals surface area contributed by atoms with Crippen LogP contribution in [-0.2, 0) is 20.9 Å². The van der Waals surface area contributed by atoms with Gasteiger partial charge in [0.05, 0.1) is 0 Å². The number of hydrogen-bond acceptors (Lipinski definition) is 5. The largest absolute Gasteiger partial charge is 0.444 e. The molecule has 3 amide bonds. The second kappa shape index (κ2) is 15.1. The summed E-state index contributed by atoms with van der Waals surface area (Å²) in [6.45, 7) is 15.8. The van der Waals surface area contributed by atoms with Crippen LogP contribution >= 0.6 is 12.6 Å². The molecule has 0 spiro atoms. The molecule has 0 fully saturated rings. The molecule has 0 saturated heterocycles. The van der Waals surface area contributed by atoms with Crippen LogP contribution in [0.1, 0.15) is 82.7 Å². The molecule has 220 valence electrons. The minimum Gasteiger partial charge on any atom is -0.444 e. The molecule has 2 aromatic rings. The first kappa shape index (κ1) is 33.2. The lowest BCUT2D eigenvalue weighted by atomic mass is 9.95. The van der Waals surface area contributed by atoms with Crippen LogP contribution in [0.4, 0.5) is 4.79 Å². The lowest BCUT2D eigenvalue weighted by Crippen LogP contribution is -2.56. The molecular formula is C32H47N3O4S. The number of amides is 3. The van der Waals surface area contributed by atoms with E-state index in [4.69, 9.17) is 4.74 Å². The number of rotatable bonds is 12. The molecule has 3 unspecified atom stereocenters. The van der Waals surface area contributed by atoms with Crippen LogP contribution < -0.4 is 10.6 Å². The number of carbonyl (C=O) groups excluding carboxylic acids is 3. The van der Waals surface area contributed by atoms with E-state index in [2.05, 4.69) is 37.1 Å². The summed E-state index contributed by atoms with van der Waals surface area (Å²) >= 11 is 4.40. The van der Waals surface area contributed by atoms with E-state index in [1.54, 1.807) is 25.7 Å². The summed E-state index contributed by atoms with van der Waals surface area (Å²) < 4.78 is 5.41. The molecule has 7 nitrogen and oxygen atoms in total. The van der Waals surface area contributed by atoms with Crippen LogP contribution in [0.25, 0.3) is 0 Å². The zero-order valence-electron chi connectivity index (χ0n) is 25.3. The van der Waals surface area contributed by atoms with Crippen molar-refractivity contribution in [3.63, 3.8) is 0 Å². The number of hydrogen-bond donors (Lipinski definition) is 3. The molecule has 0 aliphatic heterocycles. The number of ether oxygens (including phenoxy) is 1. The SMILES string of the molecule is Cc1ccc(C(C(=O)NCc2ccccc2)N(C(=O)C(CS)NC(=O)OC(C)(C)C)C(C)CCC(C)C)cc1C. The van der Waals surface area contributed by atoms with Crippen molar-refractivity contribution in [1.29, 1.82) is 0 Å². The summed E-state index contributed by atoms with van der Waals surface area (Å²) in [5, 5.41) is 5.74. The first-order valence-corrected chi connectivity index (χ1v) is 14.7. The van der Waals surface area contributed by atoms with Crippen LogP contribution in [0, 0.1) is 19.8 Å². The van der Waals surface area contributed by atoms with Crippen molar-refractivity contribution in [2.24, 2.45) is 5.92 Å². The maximum Gasteiger partial charge on any atom is 0.408 e. The third kappa shape index (κ3) is 10.2. The maximum atomic E-state index is 14.2. The first-order chi connectivity index (χ1) is 18.7. The quantitative estimate of drug-likeness (QED) is 0.268. The molecule has 0 bridgehead atoms. The van der Waals surface area contributed by atoms with Crippen LogP contribution in [0.15, 0.2) is 48.5 Å². The van der Waals surface area contributed by atoms with E-state index >= 15 is 0 Å². The van der Waals surface area contributed by atoms with Crippen molar-refractivity contribution >= 4 is 30.5 Å². The van der Waals surface area contributed by atoms with Crippen LogP contribution in [0.2, 0.25) is 0 Å². The van der Waals surface area contributed by atoms with Crippen molar-refractivity contribution in [2.45, 2.75) is 98.5 Å². The third-order valence-electron chi connectivity index (χ3n) is 6.75. The minimum atomic E-state index is -0.976. The number of benzene rings is 2. The molecule has 3 atom stereocenters. The van der Waals surface area contributed by atoms with Crippen molar-refractivity contribution in [1.82, 2.24) is 15.5 Å². The van der Waals surface area contributed by atoms with Crippen molar-refractivity contribution in [3.8, 4) is 0 Å². The van der Waals surface area contributed by atoms with Gasteiger partial charge in [-0.05, 0) is 82.6 Å². The topological polar surface area (TPSA) is 87.7 Å². The number of carbonyl (C=O) groups is 3. The Morgan fingerprint density at radius 1 is 0.950 bits per heavy atom. The Bertz CT molecular complexity index is 1130.